The van der Waals surface area contributed by atoms with Gasteiger partial charge in [0.2, 0.25) is 0 Å². The summed E-state index contributed by atoms with van der Waals surface area (Å²) < 4.78 is 1.12. The van der Waals surface area contributed by atoms with Crippen LogP contribution in [-0.2, 0) is 11.3 Å². The monoisotopic (exact) mass is 300 g/mol. The van der Waals surface area contributed by atoms with Crippen LogP contribution in [0.25, 0.3) is 0 Å². The Balaban J connectivity index is 2.19. The van der Waals surface area contributed by atoms with Crippen LogP contribution in [0.3, 0.4) is 0 Å². The SMILES string of the molecule is CSCCCCCCNC(=O)c1cn(CC(=O)O)nn1. The molecule has 0 radical (unpaired) electrons. The van der Waals surface area contributed by atoms with Gasteiger partial charge >= 0.3 is 5.97 Å². The highest BCUT2D eigenvalue weighted by atomic mass is 32.2. The van der Waals surface area contributed by atoms with Gasteiger partial charge in [-0.1, -0.05) is 18.1 Å². The number of rotatable bonds is 10. The number of hydrogen-bond donors (Lipinski definition) is 2. The molecule has 0 spiro atoms. The number of thioether (sulfide) groups is 1. The second kappa shape index (κ2) is 9.35. The van der Waals surface area contributed by atoms with Crippen molar-refractivity contribution in [2.24, 2.45) is 0 Å². The summed E-state index contributed by atoms with van der Waals surface area (Å²) in [7, 11) is 0. The van der Waals surface area contributed by atoms with Gasteiger partial charge in [-0.15, -0.1) is 5.10 Å². The van der Waals surface area contributed by atoms with Crippen molar-refractivity contribution in [2.45, 2.75) is 32.2 Å². The van der Waals surface area contributed by atoms with Gasteiger partial charge < -0.3 is 10.4 Å². The highest BCUT2D eigenvalue weighted by molar-refractivity contribution is 7.98. The number of hydrogen-bond acceptors (Lipinski definition) is 5. The van der Waals surface area contributed by atoms with Crippen LogP contribution >= 0.6 is 11.8 Å². The molecule has 0 fully saturated rings. The molecule has 0 bridgehead atoms. The first-order chi connectivity index (χ1) is 9.63. The number of nitrogens with one attached hydrogen (secondary N) is 1. The van der Waals surface area contributed by atoms with Crippen molar-refractivity contribution < 1.29 is 14.7 Å². The summed E-state index contributed by atoms with van der Waals surface area (Å²) in [5.41, 5.74) is 0.147. The van der Waals surface area contributed by atoms with Crippen LogP contribution in [0.4, 0.5) is 0 Å². The van der Waals surface area contributed by atoms with Crippen LogP contribution in [0.1, 0.15) is 36.2 Å². The minimum atomic E-state index is -1.02. The Labute approximate surface area is 122 Å². The Morgan fingerprint density at radius 2 is 2.10 bits per heavy atom. The topological polar surface area (TPSA) is 97.1 Å². The highest BCUT2D eigenvalue weighted by Crippen LogP contribution is 2.04. The van der Waals surface area contributed by atoms with E-state index in [4.69, 9.17) is 5.11 Å². The van der Waals surface area contributed by atoms with Crippen LogP contribution in [0.5, 0.6) is 0 Å². The Kier molecular flexibility index (Phi) is 7.71. The van der Waals surface area contributed by atoms with Gasteiger partial charge in [-0.3, -0.25) is 9.59 Å². The molecule has 1 aromatic rings. The lowest BCUT2D eigenvalue weighted by atomic mass is 10.2. The van der Waals surface area contributed by atoms with Crippen LogP contribution in [0.15, 0.2) is 6.20 Å². The van der Waals surface area contributed by atoms with Crippen LogP contribution in [0, 0.1) is 0 Å². The van der Waals surface area contributed by atoms with E-state index in [0.29, 0.717) is 6.54 Å². The molecule has 0 aliphatic rings. The predicted molar refractivity (Wildman–Crippen MR) is 76.8 cm³/mol. The molecule has 1 rings (SSSR count). The van der Waals surface area contributed by atoms with Crippen LogP contribution in [0.2, 0.25) is 0 Å². The minimum absolute atomic E-state index is 0.147. The molecule has 1 heterocycles. The summed E-state index contributed by atoms with van der Waals surface area (Å²) in [4.78, 5) is 22.2. The van der Waals surface area contributed by atoms with Crippen molar-refractivity contribution in [2.75, 3.05) is 18.6 Å². The van der Waals surface area contributed by atoms with E-state index in [2.05, 4.69) is 21.9 Å². The van der Waals surface area contributed by atoms with E-state index in [1.165, 1.54) is 24.8 Å². The van der Waals surface area contributed by atoms with E-state index in [1.807, 2.05) is 11.8 Å². The average Bonchev–Trinajstić information content (AvgIpc) is 2.85. The number of carbonyl (C=O) groups excluding carboxylic acids is 1. The number of amides is 1. The molecule has 0 aliphatic carbocycles. The van der Waals surface area contributed by atoms with Crippen molar-refractivity contribution in [1.29, 1.82) is 0 Å². The van der Waals surface area contributed by atoms with Gasteiger partial charge in [0.05, 0.1) is 6.20 Å². The second-order valence-corrected chi connectivity index (χ2v) is 5.34. The van der Waals surface area contributed by atoms with E-state index in [1.54, 1.807) is 0 Å². The molecular weight excluding hydrogens is 280 g/mol. The number of nitrogens with zero attached hydrogens (tertiary/aromatic N) is 3. The maximum absolute atomic E-state index is 11.7. The lowest BCUT2D eigenvalue weighted by Crippen LogP contribution is -2.24. The molecular formula is C12H20N4O3S. The third-order valence-electron chi connectivity index (χ3n) is 2.63. The molecule has 0 unspecified atom stereocenters. The standard InChI is InChI=1S/C12H20N4O3S/c1-20-7-5-3-2-4-6-13-12(19)10-8-16(15-14-10)9-11(17)18/h8H,2-7,9H2,1H3,(H,13,19)(H,17,18). The van der Waals surface area contributed by atoms with Crippen molar-refractivity contribution in [3.05, 3.63) is 11.9 Å². The maximum Gasteiger partial charge on any atom is 0.325 e. The first-order valence-electron chi connectivity index (χ1n) is 6.52. The Morgan fingerprint density at radius 1 is 1.35 bits per heavy atom. The predicted octanol–water partition coefficient (Wildman–Crippen LogP) is 1.02. The molecule has 112 valence electrons. The molecule has 0 saturated heterocycles. The quantitative estimate of drug-likeness (QED) is 0.626. The first-order valence-corrected chi connectivity index (χ1v) is 7.92. The molecule has 1 aromatic heterocycles. The number of unbranched alkanes of at least 4 members (excludes halogenated alkanes) is 3. The van der Waals surface area contributed by atoms with Gasteiger partial charge in [-0.05, 0) is 24.9 Å². The molecule has 8 heteroatoms. The third-order valence-corrected chi connectivity index (χ3v) is 3.33. The van der Waals surface area contributed by atoms with Crippen molar-refractivity contribution >= 4 is 23.6 Å². The maximum atomic E-state index is 11.7. The van der Waals surface area contributed by atoms with Crippen molar-refractivity contribution in [1.82, 2.24) is 20.3 Å². The summed E-state index contributed by atoms with van der Waals surface area (Å²) >= 11 is 1.84. The molecule has 0 aromatic carbocycles. The van der Waals surface area contributed by atoms with Crippen LogP contribution < -0.4 is 5.32 Å². The smallest absolute Gasteiger partial charge is 0.325 e. The van der Waals surface area contributed by atoms with E-state index in [0.717, 1.165) is 17.5 Å². The summed E-state index contributed by atoms with van der Waals surface area (Å²) in [6.07, 6.45) is 7.83. The van der Waals surface area contributed by atoms with Crippen LogP contribution in [-0.4, -0.2) is 50.5 Å². The summed E-state index contributed by atoms with van der Waals surface area (Å²) in [5.74, 6) is -0.156. The Hall–Kier alpha value is -1.57. The zero-order valence-corrected chi connectivity index (χ0v) is 12.4. The van der Waals surface area contributed by atoms with E-state index in [9.17, 15) is 9.59 Å². The normalized spacial score (nSPS) is 10.4. The van der Waals surface area contributed by atoms with Crippen molar-refractivity contribution in [3.63, 3.8) is 0 Å². The van der Waals surface area contributed by atoms with Gasteiger partial charge in [-0.25, -0.2) is 4.68 Å². The zero-order valence-electron chi connectivity index (χ0n) is 11.5. The fraction of sp³-hybridized carbons (Fsp3) is 0.667. The zero-order chi connectivity index (χ0) is 14.8. The molecule has 7 nitrogen and oxygen atoms in total. The molecule has 20 heavy (non-hydrogen) atoms. The first kappa shape index (κ1) is 16.5. The molecule has 0 atom stereocenters. The van der Waals surface area contributed by atoms with E-state index >= 15 is 0 Å². The molecule has 0 aliphatic heterocycles. The van der Waals surface area contributed by atoms with E-state index in [-0.39, 0.29) is 18.1 Å². The third kappa shape index (κ3) is 6.55. The number of aliphatic carboxylic acids is 1. The van der Waals surface area contributed by atoms with Gasteiger partial charge in [-0.2, -0.15) is 11.8 Å². The average molecular weight is 300 g/mol. The number of carboxylic acid groups (broad SMARTS) is 1. The van der Waals surface area contributed by atoms with Crippen molar-refractivity contribution in [3.8, 4) is 0 Å². The largest absolute Gasteiger partial charge is 0.480 e. The Bertz CT molecular complexity index is 436. The van der Waals surface area contributed by atoms with Gasteiger partial charge in [0, 0.05) is 6.54 Å². The number of aromatic nitrogens is 3. The molecule has 1 amide bonds. The molecule has 2 N–H and O–H groups in total. The second-order valence-electron chi connectivity index (χ2n) is 4.36. The summed E-state index contributed by atoms with van der Waals surface area (Å²) in [6.45, 7) is 0.305. The minimum Gasteiger partial charge on any atom is -0.480 e. The van der Waals surface area contributed by atoms with Gasteiger partial charge in [0.15, 0.2) is 5.69 Å². The fourth-order valence-electron chi connectivity index (χ4n) is 1.64. The summed E-state index contributed by atoms with van der Waals surface area (Å²) in [6, 6.07) is 0. The molecule has 0 saturated carbocycles. The number of carbonyl (C=O) groups is 2. The van der Waals surface area contributed by atoms with Gasteiger partial charge in [0.1, 0.15) is 6.54 Å². The highest BCUT2D eigenvalue weighted by Gasteiger charge is 2.11. The van der Waals surface area contributed by atoms with Gasteiger partial charge in [0.25, 0.3) is 5.91 Å². The lowest BCUT2D eigenvalue weighted by Gasteiger charge is -2.02. The lowest BCUT2D eigenvalue weighted by molar-refractivity contribution is -0.137. The number of carboxylic acids is 1. The Morgan fingerprint density at radius 3 is 2.80 bits per heavy atom. The fourth-order valence-corrected chi connectivity index (χ4v) is 2.13. The van der Waals surface area contributed by atoms with E-state index < -0.39 is 5.97 Å². The summed E-state index contributed by atoms with van der Waals surface area (Å²) in [5, 5.41) is 18.6.